The van der Waals surface area contributed by atoms with Crippen LogP contribution in [0, 0.1) is 0 Å². The number of rotatable bonds is 3. The molecule has 0 radical (unpaired) electrons. The van der Waals surface area contributed by atoms with Crippen molar-refractivity contribution >= 4 is 5.91 Å². The number of hydrogen-bond acceptors (Lipinski definition) is 4. The first-order chi connectivity index (χ1) is 9.84. The van der Waals surface area contributed by atoms with Crippen molar-refractivity contribution in [1.82, 2.24) is 20.6 Å². The lowest BCUT2D eigenvalue weighted by Crippen LogP contribution is -2.29. The molecule has 0 unspecified atom stereocenters. The highest BCUT2D eigenvalue weighted by Gasteiger charge is 2.17. The Kier molecular flexibility index (Phi) is 3.69. The van der Waals surface area contributed by atoms with E-state index in [4.69, 9.17) is 0 Å². The largest absolute Gasteiger partial charge is 0.348 e. The summed E-state index contributed by atoms with van der Waals surface area (Å²) in [5.41, 5.74) is 3.90. The highest BCUT2D eigenvalue weighted by Crippen LogP contribution is 2.17. The van der Waals surface area contributed by atoms with Crippen LogP contribution in [0.5, 0.6) is 0 Å². The van der Waals surface area contributed by atoms with E-state index < -0.39 is 0 Å². The topological polar surface area (TPSA) is 66.9 Å². The van der Waals surface area contributed by atoms with Gasteiger partial charge in [0.2, 0.25) is 0 Å². The number of hydrogen-bond donors (Lipinski definition) is 2. The maximum atomic E-state index is 12.3. The van der Waals surface area contributed by atoms with Crippen molar-refractivity contribution in [3.05, 3.63) is 59.2 Å². The second-order valence-corrected chi connectivity index (χ2v) is 4.80. The molecule has 0 saturated carbocycles. The Hall–Kier alpha value is -2.27. The number of carbonyl (C=O) groups excluding carboxylic acids is 1. The molecular weight excluding hydrogens is 252 g/mol. The molecule has 5 nitrogen and oxygen atoms in total. The molecule has 0 fully saturated rings. The van der Waals surface area contributed by atoms with Gasteiger partial charge in [-0.1, -0.05) is 6.07 Å². The van der Waals surface area contributed by atoms with Gasteiger partial charge in [0.1, 0.15) is 0 Å². The van der Waals surface area contributed by atoms with Crippen LogP contribution in [0.2, 0.25) is 0 Å². The Morgan fingerprint density at radius 1 is 1.30 bits per heavy atom. The molecule has 1 amide bonds. The van der Waals surface area contributed by atoms with Crippen molar-refractivity contribution < 1.29 is 4.79 Å². The van der Waals surface area contributed by atoms with Gasteiger partial charge in [-0.2, -0.15) is 0 Å². The Bertz CT molecular complexity index is 613. The molecular formula is C15H16N4O. The van der Waals surface area contributed by atoms with Gasteiger partial charge in [-0.05, 0) is 35.7 Å². The van der Waals surface area contributed by atoms with E-state index >= 15 is 0 Å². The maximum absolute atomic E-state index is 12.3. The highest BCUT2D eigenvalue weighted by atomic mass is 16.1. The molecule has 20 heavy (non-hydrogen) atoms. The van der Waals surface area contributed by atoms with Crippen molar-refractivity contribution in [2.75, 3.05) is 6.54 Å². The predicted molar refractivity (Wildman–Crippen MR) is 75.1 cm³/mol. The summed E-state index contributed by atoms with van der Waals surface area (Å²) in [4.78, 5) is 20.5. The smallest absolute Gasteiger partial charge is 0.253 e. The standard InChI is InChI=1S/C15H16N4O/c20-15(19-7-11-2-1-4-16-6-11)14-10-18-9-12-8-17-5-3-13(12)14/h1-2,4,6,9-10,17H,3,5,7-8H2,(H,19,20). The fourth-order valence-corrected chi connectivity index (χ4v) is 2.39. The molecule has 0 atom stereocenters. The first-order valence-corrected chi connectivity index (χ1v) is 6.68. The molecule has 2 aromatic rings. The lowest BCUT2D eigenvalue weighted by atomic mass is 9.98. The number of aromatic nitrogens is 2. The number of nitrogens with one attached hydrogen (secondary N) is 2. The summed E-state index contributed by atoms with van der Waals surface area (Å²) >= 11 is 0. The van der Waals surface area contributed by atoms with Crippen LogP contribution in [0.3, 0.4) is 0 Å². The lowest BCUT2D eigenvalue weighted by Gasteiger charge is -2.19. The van der Waals surface area contributed by atoms with E-state index in [1.165, 1.54) is 0 Å². The summed E-state index contributed by atoms with van der Waals surface area (Å²) in [5, 5.41) is 6.21. The number of amides is 1. The van der Waals surface area contributed by atoms with E-state index in [9.17, 15) is 4.79 Å². The van der Waals surface area contributed by atoms with E-state index in [0.717, 1.165) is 36.2 Å². The van der Waals surface area contributed by atoms with Crippen LogP contribution in [-0.4, -0.2) is 22.4 Å². The van der Waals surface area contributed by atoms with E-state index in [2.05, 4.69) is 20.6 Å². The minimum absolute atomic E-state index is 0.0693. The Labute approximate surface area is 117 Å². The number of fused-ring (bicyclic) bond motifs is 1. The molecule has 0 aromatic carbocycles. The van der Waals surface area contributed by atoms with E-state index in [1.807, 2.05) is 18.3 Å². The molecule has 1 aliphatic heterocycles. The van der Waals surface area contributed by atoms with Crippen LogP contribution < -0.4 is 10.6 Å². The summed E-state index contributed by atoms with van der Waals surface area (Å²) in [7, 11) is 0. The fraction of sp³-hybridized carbons (Fsp3) is 0.267. The zero-order chi connectivity index (χ0) is 13.8. The molecule has 102 valence electrons. The van der Waals surface area contributed by atoms with Gasteiger partial charge in [-0.3, -0.25) is 14.8 Å². The van der Waals surface area contributed by atoms with Crippen molar-refractivity contribution in [3.63, 3.8) is 0 Å². The summed E-state index contributed by atoms with van der Waals surface area (Å²) in [6, 6.07) is 3.80. The summed E-state index contributed by atoms with van der Waals surface area (Å²) in [5.74, 6) is -0.0693. The molecule has 1 aliphatic rings. The van der Waals surface area contributed by atoms with Gasteiger partial charge in [-0.15, -0.1) is 0 Å². The number of nitrogens with zero attached hydrogens (tertiary/aromatic N) is 2. The van der Waals surface area contributed by atoms with Crippen molar-refractivity contribution in [3.8, 4) is 0 Å². The molecule has 3 rings (SSSR count). The van der Waals surface area contributed by atoms with Crippen molar-refractivity contribution in [2.24, 2.45) is 0 Å². The first kappa shape index (κ1) is 12.7. The highest BCUT2D eigenvalue weighted by molar-refractivity contribution is 5.95. The third kappa shape index (κ3) is 2.67. The van der Waals surface area contributed by atoms with Crippen LogP contribution in [-0.2, 0) is 19.5 Å². The normalized spacial score (nSPS) is 13.6. The Morgan fingerprint density at radius 2 is 2.25 bits per heavy atom. The lowest BCUT2D eigenvalue weighted by molar-refractivity contribution is 0.0949. The third-order valence-corrected chi connectivity index (χ3v) is 3.43. The SMILES string of the molecule is O=C(NCc1cccnc1)c1cncc2c1CCNC2. The van der Waals surface area contributed by atoms with E-state index in [-0.39, 0.29) is 5.91 Å². The Morgan fingerprint density at radius 3 is 3.10 bits per heavy atom. The van der Waals surface area contributed by atoms with Gasteiger partial charge in [0.05, 0.1) is 5.56 Å². The van der Waals surface area contributed by atoms with Gasteiger partial charge in [0.25, 0.3) is 5.91 Å². The molecule has 5 heteroatoms. The fourth-order valence-electron chi connectivity index (χ4n) is 2.39. The molecule has 0 spiro atoms. The minimum Gasteiger partial charge on any atom is -0.348 e. The minimum atomic E-state index is -0.0693. The van der Waals surface area contributed by atoms with Gasteiger partial charge < -0.3 is 10.6 Å². The van der Waals surface area contributed by atoms with Crippen molar-refractivity contribution in [1.29, 1.82) is 0 Å². The Balaban J connectivity index is 1.74. The van der Waals surface area contributed by atoms with Gasteiger partial charge >= 0.3 is 0 Å². The van der Waals surface area contributed by atoms with Crippen LogP contribution in [0.4, 0.5) is 0 Å². The van der Waals surface area contributed by atoms with Gasteiger partial charge in [0, 0.05) is 37.9 Å². The second-order valence-electron chi connectivity index (χ2n) is 4.80. The molecule has 0 bridgehead atoms. The number of pyridine rings is 2. The molecule has 3 heterocycles. The summed E-state index contributed by atoms with van der Waals surface area (Å²) in [6.45, 7) is 2.17. The summed E-state index contributed by atoms with van der Waals surface area (Å²) < 4.78 is 0. The van der Waals surface area contributed by atoms with Crippen molar-refractivity contribution in [2.45, 2.75) is 19.5 Å². The van der Waals surface area contributed by atoms with Crippen LogP contribution in [0.15, 0.2) is 36.9 Å². The monoisotopic (exact) mass is 268 g/mol. The zero-order valence-corrected chi connectivity index (χ0v) is 11.1. The average molecular weight is 268 g/mol. The summed E-state index contributed by atoms with van der Waals surface area (Å²) in [6.07, 6.45) is 7.83. The predicted octanol–water partition coefficient (Wildman–Crippen LogP) is 1.05. The van der Waals surface area contributed by atoms with E-state index in [1.54, 1.807) is 18.6 Å². The van der Waals surface area contributed by atoms with Gasteiger partial charge in [0.15, 0.2) is 0 Å². The van der Waals surface area contributed by atoms with Gasteiger partial charge in [-0.25, -0.2) is 0 Å². The molecule has 0 saturated heterocycles. The van der Waals surface area contributed by atoms with E-state index in [0.29, 0.717) is 12.1 Å². The third-order valence-electron chi connectivity index (χ3n) is 3.43. The molecule has 2 aromatic heterocycles. The maximum Gasteiger partial charge on any atom is 0.253 e. The second kappa shape index (κ2) is 5.79. The number of carbonyl (C=O) groups is 1. The zero-order valence-electron chi connectivity index (χ0n) is 11.1. The van der Waals surface area contributed by atoms with Crippen LogP contribution in [0.25, 0.3) is 0 Å². The van der Waals surface area contributed by atoms with Crippen LogP contribution in [0.1, 0.15) is 27.0 Å². The molecule has 0 aliphatic carbocycles. The average Bonchev–Trinajstić information content (AvgIpc) is 2.53. The molecule has 2 N–H and O–H groups in total. The quantitative estimate of drug-likeness (QED) is 0.873. The van der Waals surface area contributed by atoms with Crippen LogP contribution >= 0.6 is 0 Å². The first-order valence-electron chi connectivity index (χ1n) is 6.68.